The first-order chi connectivity index (χ1) is 15.4. The highest BCUT2D eigenvalue weighted by molar-refractivity contribution is 7.53. The molecule has 0 heterocycles. The Bertz CT molecular complexity index is 921. The van der Waals surface area contributed by atoms with E-state index in [1.54, 1.807) is 15.6 Å². The molecule has 0 N–H and O–H groups in total. The monoisotopic (exact) mass is 510 g/mol. The standard InChI is InChI=1S/C31H54Si3/c1-24(2)33(25(3)4,26(5)6)28-22-18-19-23-29(28)34(31(10,11)12,27-20-16-15-17-21-27)32(13,14)30(7,8)9/h15-26H,1-14H3. The molecule has 0 saturated heterocycles. The van der Waals surface area contributed by atoms with Crippen LogP contribution in [0.15, 0.2) is 54.6 Å². The lowest BCUT2D eigenvalue weighted by molar-refractivity contribution is 0.708. The zero-order valence-electron chi connectivity index (χ0n) is 24.9. The normalized spacial score (nSPS) is 15.8. The van der Waals surface area contributed by atoms with E-state index in [-0.39, 0.29) is 5.04 Å². The lowest BCUT2D eigenvalue weighted by Gasteiger charge is -2.60. The van der Waals surface area contributed by atoms with E-state index in [0.29, 0.717) is 21.7 Å². The SMILES string of the molecule is CC(C)[Si](c1ccccc1[Si](c1ccccc1)(C(C)(C)C)[Si](C)(C)C(C)(C)C)(C(C)C)C(C)C. The Labute approximate surface area is 215 Å². The molecule has 2 aromatic rings. The van der Waals surface area contributed by atoms with Gasteiger partial charge in [-0.15, -0.1) is 0 Å². The van der Waals surface area contributed by atoms with Gasteiger partial charge in [-0.05, 0) is 26.7 Å². The number of rotatable bonds is 7. The largest absolute Gasteiger partial charge is 0.116 e. The van der Waals surface area contributed by atoms with Crippen molar-refractivity contribution in [2.75, 3.05) is 0 Å². The van der Waals surface area contributed by atoms with Crippen LogP contribution in [0, 0.1) is 0 Å². The Kier molecular flexibility index (Phi) is 8.50. The molecule has 0 aliphatic carbocycles. The molecule has 0 fully saturated rings. The summed E-state index contributed by atoms with van der Waals surface area (Å²) in [6.07, 6.45) is 0. The summed E-state index contributed by atoms with van der Waals surface area (Å²) in [6, 6.07) is 21.7. The van der Waals surface area contributed by atoms with E-state index in [0.717, 1.165) is 0 Å². The molecule has 0 aliphatic rings. The molecule has 1 atom stereocenters. The summed E-state index contributed by atoms with van der Waals surface area (Å²) in [6.45, 7) is 36.0. The van der Waals surface area contributed by atoms with E-state index in [1.165, 1.54) is 0 Å². The third kappa shape index (κ3) is 4.28. The second kappa shape index (κ2) is 9.86. The van der Waals surface area contributed by atoms with E-state index in [2.05, 4.69) is 151 Å². The maximum absolute atomic E-state index is 2.73. The zero-order chi connectivity index (χ0) is 26.3. The van der Waals surface area contributed by atoms with Gasteiger partial charge in [-0.25, -0.2) is 0 Å². The molecule has 2 rings (SSSR count). The molecule has 0 bridgehead atoms. The van der Waals surface area contributed by atoms with Gasteiger partial charge in [0, 0.05) is 0 Å². The fourth-order valence-electron chi connectivity index (χ4n) is 8.00. The minimum atomic E-state index is -2.23. The van der Waals surface area contributed by atoms with Gasteiger partial charge in [0.2, 0.25) is 0 Å². The van der Waals surface area contributed by atoms with Crippen LogP contribution in [0.4, 0.5) is 0 Å². The van der Waals surface area contributed by atoms with Gasteiger partial charge in [0.15, 0.2) is 0 Å². The average molecular weight is 511 g/mol. The Balaban J connectivity index is 3.27. The van der Waals surface area contributed by atoms with Crippen molar-refractivity contribution in [1.29, 1.82) is 0 Å². The van der Waals surface area contributed by atoms with Crippen molar-refractivity contribution in [3.63, 3.8) is 0 Å². The second-order valence-corrected chi connectivity index (χ2v) is 34.9. The van der Waals surface area contributed by atoms with Gasteiger partial charge in [-0.2, -0.15) is 0 Å². The second-order valence-electron chi connectivity index (χ2n) is 14.2. The summed E-state index contributed by atoms with van der Waals surface area (Å²) < 4.78 is 0. The third-order valence-electron chi connectivity index (χ3n) is 9.81. The van der Waals surface area contributed by atoms with Gasteiger partial charge < -0.3 is 0 Å². The molecule has 0 amide bonds. The van der Waals surface area contributed by atoms with E-state index >= 15 is 0 Å². The molecular weight excluding hydrogens is 457 g/mol. The van der Waals surface area contributed by atoms with Crippen molar-refractivity contribution >= 4 is 38.8 Å². The molecule has 3 heteroatoms. The van der Waals surface area contributed by atoms with Crippen molar-refractivity contribution in [2.45, 2.75) is 123 Å². The molecule has 0 nitrogen and oxygen atoms in total. The van der Waals surface area contributed by atoms with E-state index in [9.17, 15) is 0 Å². The van der Waals surface area contributed by atoms with E-state index < -0.39 is 23.3 Å². The maximum Gasteiger partial charge on any atom is 0.116 e. The van der Waals surface area contributed by atoms with Crippen molar-refractivity contribution in [2.24, 2.45) is 0 Å². The molecule has 0 aliphatic heterocycles. The summed E-state index contributed by atoms with van der Waals surface area (Å²) in [5, 5.41) is 5.72. The third-order valence-corrected chi connectivity index (χ3v) is 39.3. The molecule has 1 unspecified atom stereocenters. The highest BCUT2D eigenvalue weighted by atomic mass is 29.3. The molecule has 0 aromatic heterocycles. The molecule has 34 heavy (non-hydrogen) atoms. The quantitative estimate of drug-likeness (QED) is 0.327. The lowest BCUT2D eigenvalue weighted by atomic mass is 10.2. The van der Waals surface area contributed by atoms with Crippen LogP contribution in [0.3, 0.4) is 0 Å². The van der Waals surface area contributed by atoms with Crippen LogP contribution in [-0.4, -0.2) is 23.3 Å². The summed E-state index contributed by atoms with van der Waals surface area (Å²) in [4.78, 5) is 0. The smallest absolute Gasteiger partial charge is 0.0703 e. The Hall–Kier alpha value is -0.909. The summed E-state index contributed by atoms with van der Waals surface area (Å²) in [5.74, 6) is 0. The van der Waals surface area contributed by atoms with E-state index in [4.69, 9.17) is 0 Å². The molecule has 0 spiro atoms. The predicted octanol–water partition coefficient (Wildman–Crippen LogP) is 8.52. The van der Waals surface area contributed by atoms with Crippen molar-refractivity contribution < 1.29 is 0 Å². The number of hydrogen-bond donors (Lipinski definition) is 0. The van der Waals surface area contributed by atoms with Crippen LogP contribution in [0.2, 0.25) is 39.8 Å². The van der Waals surface area contributed by atoms with Crippen LogP contribution in [-0.2, 0) is 0 Å². The van der Waals surface area contributed by atoms with Gasteiger partial charge in [0.25, 0.3) is 0 Å². The van der Waals surface area contributed by atoms with Crippen molar-refractivity contribution in [3.8, 4) is 0 Å². The molecule has 190 valence electrons. The average Bonchev–Trinajstić information content (AvgIpc) is 2.68. The summed E-state index contributed by atoms with van der Waals surface area (Å²) in [7, 11) is -5.94. The van der Waals surface area contributed by atoms with Crippen LogP contribution in [0.25, 0.3) is 0 Å². The van der Waals surface area contributed by atoms with Gasteiger partial charge in [0.1, 0.15) is 7.59 Å². The van der Waals surface area contributed by atoms with Crippen LogP contribution >= 0.6 is 0 Å². The van der Waals surface area contributed by atoms with Gasteiger partial charge in [-0.3, -0.25) is 0 Å². The molecule has 0 radical (unpaired) electrons. The fraction of sp³-hybridized carbons (Fsp3) is 0.613. The predicted molar refractivity (Wildman–Crippen MR) is 165 cm³/mol. The number of hydrogen-bond acceptors (Lipinski definition) is 0. The first kappa shape index (κ1) is 29.3. The van der Waals surface area contributed by atoms with Crippen molar-refractivity contribution in [1.82, 2.24) is 0 Å². The Morgan fingerprint density at radius 2 is 0.912 bits per heavy atom. The Morgan fingerprint density at radius 3 is 1.26 bits per heavy atom. The van der Waals surface area contributed by atoms with Crippen LogP contribution in [0.5, 0.6) is 0 Å². The zero-order valence-corrected chi connectivity index (χ0v) is 27.9. The maximum atomic E-state index is 2.73. The molecular formula is C31H54Si3. The van der Waals surface area contributed by atoms with Gasteiger partial charge >= 0.3 is 0 Å². The first-order valence-corrected chi connectivity index (χ1v) is 21.8. The highest BCUT2D eigenvalue weighted by Crippen LogP contribution is 2.51. The van der Waals surface area contributed by atoms with Gasteiger partial charge in [-0.1, -0.05) is 166 Å². The minimum Gasteiger partial charge on any atom is -0.0703 e. The molecule has 2 aromatic carbocycles. The Morgan fingerprint density at radius 1 is 0.529 bits per heavy atom. The molecule has 0 saturated carbocycles. The van der Waals surface area contributed by atoms with Crippen molar-refractivity contribution in [3.05, 3.63) is 54.6 Å². The highest BCUT2D eigenvalue weighted by Gasteiger charge is 2.63. The van der Waals surface area contributed by atoms with Crippen LogP contribution < -0.4 is 15.6 Å². The lowest BCUT2D eigenvalue weighted by Crippen LogP contribution is -2.84. The van der Waals surface area contributed by atoms with Crippen LogP contribution in [0.1, 0.15) is 83.1 Å². The summed E-state index contributed by atoms with van der Waals surface area (Å²) in [5.41, 5.74) is 2.11. The summed E-state index contributed by atoms with van der Waals surface area (Å²) >= 11 is 0. The minimum absolute atomic E-state index is 0.207. The number of benzene rings is 2. The van der Waals surface area contributed by atoms with Gasteiger partial charge in [0.05, 0.1) is 15.7 Å². The topological polar surface area (TPSA) is 0 Å². The fourth-order valence-corrected chi connectivity index (χ4v) is 38.6. The van der Waals surface area contributed by atoms with E-state index in [1.807, 2.05) is 0 Å². The first-order valence-electron chi connectivity index (χ1n) is 13.6.